The van der Waals surface area contributed by atoms with Crippen LogP contribution in [0.2, 0.25) is 0 Å². The number of nitrogens with zero attached hydrogens (tertiary/aromatic N) is 2. The van der Waals surface area contributed by atoms with Gasteiger partial charge in [0.15, 0.2) is 0 Å². The number of benzene rings is 1. The molecule has 0 atom stereocenters. The molecule has 26 heavy (non-hydrogen) atoms. The first kappa shape index (κ1) is 19.5. The van der Waals surface area contributed by atoms with Gasteiger partial charge in [0.05, 0.1) is 11.3 Å². The van der Waals surface area contributed by atoms with Gasteiger partial charge in [-0.15, -0.1) is 0 Å². The van der Waals surface area contributed by atoms with E-state index in [2.05, 4.69) is 21.7 Å². The van der Waals surface area contributed by atoms with Crippen molar-refractivity contribution < 1.29 is 9.59 Å². The maximum atomic E-state index is 12.0. The summed E-state index contributed by atoms with van der Waals surface area (Å²) in [6, 6.07) is 8.90. The molecule has 6 nitrogen and oxygen atoms in total. The SMILES string of the molecule is Cc1cc(C)c(C#N)c(SCC(=O)NC(=O)Nc2cccc(C)c2C)n1. The van der Waals surface area contributed by atoms with Crippen LogP contribution in [0.5, 0.6) is 0 Å². The molecule has 1 aromatic heterocycles. The van der Waals surface area contributed by atoms with Crippen LogP contribution in [0.4, 0.5) is 10.5 Å². The fourth-order valence-electron chi connectivity index (χ4n) is 2.38. The highest BCUT2D eigenvalue weighted by Gasteiger charge is 2.14. The van der Waals surface area contributed by atoms with Crippen LogP contribution in [0.15, 0.2) is 29.3 Å². The predicted octanol–water partition coefficient (Wildman–Crippen LogP) is 3.63. The van der Waals surface area contributed by atoms with Crippen LogP contribution >= 0.6 is 11.8 Å². The zero-order chi connectivity index (χ0) is 19.3. The maximum absolute atomic E-state index is 12.0. The fourth-order valence-corrected chi connectivity index (χ4v) is 3.28. The van der Waals surface area contributed by atoms with Gasteiger partial charge in [-0.25, -0.2) is 9.78 Å². The number of thioether (sulfide) groups is 1. The summed E-state index contributed by atoms with van der Waals surface area (Å²) >= 11 is 1.14. The summed E-state index contributed by atoms with van der Waals surface area (Å²) < 4.78 is 0. The Balaban J connectivity index is 1.96. The number of carbonyl (C=O) groups is 2. The van der Waals surface area contributed by atoms with E-state index >= 15 is 0 Å². The zero-order valence-corrected chi connectivity index (χ0v) is 16.0. The average molecular weight is 368 g/mol. The van der Waals surface area contributed by atoms with Crippen LogP contribution in [0, 0.1) is 39.0 Å². The van der Waals surface area contributed by atoms with Crippen molar-refractivity contribution in [3.05, 3.63) is 52.2 Å². The molecule has 0 fully saturated rings. The number of nitriles is 1. The van der Waals surface area contributed by atoms with E-state index in [1.54, 1.807) is 6.07 Å². The van der Waals surface area contributed by atoms with Gasteiger partial charge in [-0.3, -0.25) is 10.1 Å². The van der Waals surface area contributed by atoms with Crippen molar-refractivity contribution in [1.29, 1.82) is 5.26 Å². The Bertz CT molecular complexity index is 903. The number of aromatic nitrogens is 1. The predicted molar refractivity (Wildman–Crippen MR) is 102 cm³/mol. The van der Waals surface area contributed by atoms with Gasteiger partial charge in [0.25, 0.3) is 0 Å². The molecule has 3 amide bonds. The minimum Gasteiger partial charge on any atom is -0.307 e. The number of urea groups is 1. The third-order valence-corrected chi connectivity index (χ3v) is 4.84. The maximum Gasteiger partial charge on any atom is 0.325 e. The second kappa shape index (κ2) is 8.50. The number of aryl methyl sites for hydroxylation is 3. The van der Waals surface area contributed by atoms with E-state index in [0.29, 0.717) is 16.3 Å². The van der Waals surface area contributed by atoms with E-state index in [9.17, 15) is 14.9 Å². The number of amides is 3. The molecule has 1 heterocycles. The molecule has 2 rings (SSSR count). The molecule has 0 aliphatic heterocycles. The molecule has 0 spiro atoms. The Morgan fingerprint density at radius 2 is 1.92 bits per heavy atom. The average Bonchev–Trinajstić information content (AvgIpc) is 2.56. The van der Waals surface area contributed by atoms with Crippen LogP contribution in [-0.2, 0) is 4.79 Å². The number of nitrogens with one attached hydrogen (secondary N) is 2. The minimum atomic E-state index is -0.585. The van der Waals surface area contributed by atoms with Crippen LogP contribution in [0.1, 0.15) is 27.9 Å². The zero-order valence-electron chi connectivity index (χ0n) is 15.1. The van der Waals surface area contributed by atoms with Crippen LogP contribution < -0.4 is 10.6 Å². The van der Waals surface area contributed by atoms with Gasteiger partial charge in [0, 0.05) is 11.4 Å². The van der Waals surface area contributed by atoms with Gasteiger partial charge in [-0.2, -0.15) is 5.26 Å². The first-order valence-corrected chi connectivity index (χ1v) is 8.98. The van der Waals surface area contributed by atoms with Crippen molar-refractivity contribution in [3.63, 3.8) is 0 Å². The van der Waals surface area contributed by atoms with E-state index in [1.165, 1.54) is 0 Å². The summed E-state index contributed by atoms with van der Waals surface area (Å²) in [4.78, 5) is 28.3. The second-order valence-corrected chi connectivity index (χ2v) is 6.87. The van der Waals surface area contributed by atoms with E-state index in [1.807, 2.05) is 45.9 Å². The Morgan fingerprint density at radius 1 is 1.19 bits per heavy atom. The molecule has 0 aliphatic rings. The number of hydrogen-bond acceptors (Lipinski definition) is 5. The van der Waals surface area contributed by atoms with Crippen molar-refractivity contribution in [3.8, 4) is 6.07 Å². The smallest absolute Gasteiger partial charge is 0.307 e. The molecular weight excluding hydrogens is 348 g/mol. The first-order chi connectivity index (χ1) is 12.3. The highest BCUT2D eigenvalue weighted by atomic mass is 32.2. The van der Waals surface area contributed by atoms with Crippen LogP contribution in [0.3, 0.4) is 0 Å². The molecule has 0 unspecified atom stereocenters. The fraction of sp³-hybridized carbons (Fsp3) is 0.263. The largest absolute Gasteiger partial charge is 0.325 e. The normalized spacial score (nSPS) is 10.1. The highest BCUT2D eigenvalue weighted by molar-refractivity contribution is 8.00. The van der Waals surface area contributed by atoms with Gasteiger partial charge >= 0.3 is 6.03 Å². The van der Waals surface area contributed by atoms with Gasteiger partial charge in [0.1, 0.15) is 11.1 Å². The molecule has 2 N–H and O–H groups in total. The van der Waals surface area contributed by atoms with Gasteiger partial charge in [-0.1, -0.05) is 23.9 Å². The van der Waals surface area contributed by atoms with Crippen molar-refractivity contribution in [2.75, 3.05) is 11.1 Å². The standard InChI is InChI=1S/C19H20N4O2S/c1-11-6-5-7-16(14(11)4)22-19(25)23-17(24)10-26-18-15(9-20)12(2)8-13(3)21-18/h5-8H,10H2,1-4H3,(H2,22,23,24,25). The Hall–Kier alpha value is -2.85. The molecule has 0 radical (unpaired) electrons. The number of anilines is 1. The molecule has 2 aromatic rings. The minimum absolute atomic E-state index is 0.00913. The summed E-state index contributed by atoms with van der Waals surface area (Å²) in [5.41, 5.74) is 4.70. The third kappa shape index (κ3) is 4.83. The summed E-state index contributed by atoms with van der Waals surface area (Å²) in [6.07, 6.45) is 0. The van der Waals surface area contributed by atoms with Crippen LogP contribution in [0.25, 0.3) is 0 Å². The highest BCUT2D eigenvalue weighted by Crippen LogP contribution is 2.23. The monoisotopic (exact) mass is 368 g/mol. The summed E-state index contributed by atoms with van der Waals surface area (Å²) in [7, 11) is 0. The molecule has 0 saturated heterocycles. The molecule has 134 valence electrons. The van der Waals surface area contributed by atoms with E-state index in [4.69, 9.17) is 0 Å². The molecule has 0 bridgehead atoms. The Morgan fingerprint density at radius 3 is 2.62 bits per heavy atom. The third-order valence-electron chi connectivity index (χ3n) is 3.87. The van der Waals surface area contributed by atoms with Crippen molar-refractivity contribution >= 4 is 29.4 Å². The van der Waals surface area contributed by atoms with Gasteiger partial charge < -0.3 is 5.32 Å². The quantitative estimate of drug-likeness (QED) is 0.804. The number of rotatable bonds is 4. The van der Waals surface area contributed by atoms with E-state index in [0.717, 1.165) is 34.1 Å². The molecule has 0 aliphatic carbocycles. The van der Waals surface area contributed by atoms with E-state index in [-0.39, 0.29) is 5.75 Å². The van der Waals surface area contributed by atoms with Crippen LogP contribution in [-0.4, -0.2) is 22.7 Å². The Labute approximate surface area is 157 Å². The number of carbonyl (C=O) groups excluding carboxylic acids is 2. The summed E-state index contributed by atoms with van der Waals surface area (Å²) in [5, 5.41) is 14.7. The lowest BCUT2D eigenvalue weighted by Gasteiger charge is -2.11. The lowest BCUT2D eigenvalue weighted by Crippen LogP contribution is -2.35. The molecule has 1 aromatic carbocycles. The summed E-state index contributed by atoms with van der Waals surface area (Å²) in [6.45, 7) is 7.51. The van der Waals surface area contributed by atoms with E-state index < -0.39 is 11.9 Å². The molecule has 7 heteroatoms. The topological polar surface area (TPSA) is 94.9 Å². The second-order valence-electron chi connectivity index (χ2n) is 5.91. The number of imide groups is 1. The van der Waals surface area contributed by atoms with Crippen molar-refractivity contribution in [2.45, 2.75) is 32.7 Å². The molecular formula is C19H20N4O2S. The summed E-state index contributed by atoms with van der Waals surface area (Å²) in [5.74, 6) is -0.465. The number of pyridine rings is 1. The lowest BCUT2D eigenvalue weighted by molar-refractivity contribution is -0.117. The molecule has 0 saturated carbocycles. The number of hydrogen-bond donors (Lipinski definition) is 2. The van der Waals surface area contributed by atoms with Gasteiger partial charge in [0.2, 0.25) is 5.91 Å². The van der Waals surface area contributed by atoms with Crippen molar-refractivity contribution in [1.82, 2.24) is 10.3 Å². The Kier molecular flexibility index (Phi) is 6.36. The van der Waals surface area contributed by atoms with Crippen molar-refractivity contribution in [2.24, 2.45) is 0 Å². The first-order valence-electron chi connectivity index (χ1n) is 8.00. The lowest BCUT2D eigenvalue weighted by atomic mass is 10.1. The van der Waals surface area contributed by atoms with Gasteiger partial charge in [-0.05, 0) is 56.5 Å².